The Hall–Kier alpha value is -2.35. The number of nitrogens with zero attached hydrogens (tertiary/aromatic N) is 1. The van der Waals surface area contributed by atoms with Crippen molar-refractivity contribution < 1.29 is 14.3 Å². The Kier molecular flexibility index (Phi) is 10.2. The van der Waals surface area contributed by atoms with Gasteiger partial charge in [-0.3, -0.25) is 9.59 Å². The Bertz CT molecular complexity index is 1140. The maximum Gasteiger partial charge on any atom is 0.261 e. The number of rotatable bonds is 10. The molecular weight excluding hydrogens is 596 g/mol. The molecule has 5 nitrogen and oxygen atoms in total. The van der Waals surface area contributed by atoms with Gasteiger partial charge in [0.05, 0.1) is 5.02 Å². The lowest BCUT2D eigenvalue weighted by atomic mass is 10.0. The summed E-state index contributed by atoms with van der Waals surface area (Å²) in [5.41, 5.74) is 1.86. The first-order valence-corrected chi connectivity index (χ1v) is 13.2. The highest BCUT2D eigenvalue weighted by atomic mass is 79.9. The van der Waals surface area contributed by atoms with E-state index in [-0.39, 0.29) is 31.0 Å². The first kappa shape index (κ1) is 27.2. The van der Waals surface area contributed by atoms with Gasteiger partial charge >= 0.3 is 0 Å². The van der Waals surface area contributed by atoms with E-state index in [0.29, 0.717) is 17.2 Å². The summed E-state index contributed by atoms with van der Waals surface area (Å²) in [6.07, 6.45) is 0.376. The average Bonchev–Trinajstić information content (AvgIpc) is 2.82. The van der Waals surface area contributed by atoms with Crippen LogP contribution in [0, 0.1) is 0 Å². The molecular formula is C27H27Br2ClN2O3. The van der Waals surface area contributed by atoms with Gasteiger partial charge in [-0.05, 0) is 55.3 Å². The number of halogens is 3. The van der Waals surface area contributed by atoms with Gasteiger partial charge in [-0.2, -0.15) is 0 Å². The molecule has 35 heavy (non-hydrogen) atoms. The standard InChI is InChI=1S/C27H27Br2ClN2O3/c1-18(2)31-27(34)24(14-19-6-4-3-5-7-19)32(16-20-8-10-21(28)11-9-20)26(33)17-35-25-13-12-22(29)15-23(25)30/h3-13,15,18,24H,14,16-17H2,1-2H3,(H,31,34)/t24-/m1/s1. The van der Waals surface area contributed by atoms with Crippen molar-refractivity contribution in [3.05, 3.63) is 97.9 Å². The summed E-state index contributed by atoms with van der Waals surface area (Å²) in [5, 5.41) is 3.37. The van der Waals surface area contributed by atoms with Gasteiger partial charge in [-0.25, -0.2) is 0 Å². The second-order valence-corrected chi connectivity index (χ2v) is 10.6. The maximum atomic E-state index is 13.5. The van der Waals surface area contributed by atoms with E-state index < -0.39 is 6.04 Å². The molecule has 0 aromatic heterocycles. The highest BCUT2D eigenvalue weighted by molar-refractivity contribution is 9.10. The topological polar surface area (TPSA) is 58.6 Å². The second kappa shape index (κ2) is 13.1. The van der Waals surface area contributed by atoms with Crippen molar-refractivity contribution in [1.82, 2.24) is 10.2 Å². The molecule has 1 N–H and O–H groups in total. The Labute approximate surface area is 228 Å². The molecule has 0 aliphatic rings. The molecule has 0 fully saturated rings. The summed E-state index contributed by atoms with van der Waals surface area (Å²) in [7, 11) is 0. The van der Waals surface area contributed by atoms with Crippen LogP contribution >= 0.6 is 43.5 Å². The monoisotopic (exact) mass is 620 g/mol. The number of nitrogens with one attached hydrogen (secondary N) is 1. The summed E-state index contributed by atoms with van der Waals surface area (Å²) >= 11 is 13.1. The van der Waals surface area contributed by atoms with E-state index in [9.17, 15) is 9.59 Å². The molecule has 0 radical (unpaired) electrons. The number of carbonyl (C=O) groups is 2. The number of benzene rings is 3. The molecule has 0 aliphatic heterocycles. The zero-order chi connectivity index (χ0) is 25.4. The van der Waals surface area contributed by atoms with Crippen molar-refractivity contribution >= 4 is 55.3 Å². The normalized spacial score (nSPS) is 11.7. The van der Waals surface area contributed by atoms with Crippen LogP contribution in [0.4, 0.5) is 0 Å². The molecule has 0 spiro atoms. The van der Waals surface area contributed by atoms with Crippen molar-refractivity contribution in [3.8, 4) is 5.75 Å². The zero-order valence-corrected chi connectivity index (χ0v) is 23.4. The smallest absolute Gasteiger partial charge is 0.261 e. The minimum absolute atomic E-state index is 0.0665. The molecule has 0 aliphatic carbocycles. The van der Waals surface area contributed by atoms with E-state index in [1.165, 1.54) is 0 Å². The first-order valence-electron chi connectivity index (χ1n) is 11.2. The van der Waals surface area contributed by atoms with Crippen molar-refractivity contribution in [2.45, 2.75) is 38.9 Å². The number of hydrogen-bond acceptors (Lipinski definition) is 3. The van der Waals surface area contributed by atoms with Crippen LogP contribution in [0.15, 0.2) is 81.7 Å². The lowest BCUT2D eigenvalue weighted by Gasteiger charge is -2.32. The van der Waals surface area contributed by atoms with Gasteiger partial charge in [0.1, 0.15) is 11.8 Å². The third-order valence-electron chi connectivity index (χ3n) is 5.21. The van der Waals surface area contributed by atoms with E-state index in [1.54, 1.807) is 23.1 Å². The van der Waals surface area contributed by atoms with Crippen LogP contribution < -0.4 is 10.1 Å². The maximum absolute atomic E-state index is 13.5. The molecule has 184 valence electrons. The Morgan fingerprint density at radius 3 is 2.23 bits per heavy atom. The minimum atomic E-state index is -0.722. The van der Waals surface area contributed by atoms with Crippen LogP contribution in [0.1, 0.15) is 25.0 Å². The Balaban J connectivity index is 1.91. The van der Waals surface area contributed by atoms with Gasteiger partial charge in [0, 0.05) is 28.0 Å². The number of amides is 2. The quantitative estimate of drug-likeness (QED) is 0.285. The van der Waals surface area contributed by atoms with Gasteiger partial charge in [0.15, 0.2) is 6.61 Å². The van der Waals surface area contributed by atoms with Gasteiger partial charge in [-0.15, -0.1) is 0 Å². The molecule has 0 saturated heterocycles. The summed E-state index contributed by atoms with van der Waals surface area (Å²) in [4.78, 5) is 28.5. The van der Waals surface area contributed by atoms with Crippen molar-refractivity contribution in [3.63, 3.8) is 0 Å². The van der Waals surface area contributed by atoms with Crippen LogP contribution in [-0.4, -0.2) is 35.4 Å². The first-order chi connectivity index (χ1) is 16.7. The number of carbonyl (C=O) groups excluding carboxylic acids is 2. The van der Waals surface area contributed by atoms with Gasteiger partial charge in [0.2, 0.25) is 5.91 Å². The van der Waals surface area contributed by atoms with E-state index in [0.717, 1.165) is 20.1 Å². The fourth-order valence-corrected chi connectivity index (χ4v) is 4.53. The Morgan fingerprint density at radius 2 is 1.60 bits per heavy atom. The molecule has 0 saturated carbocycles. The van der Waals surface area contributed by atoms with E-state index in [4.69, 9.17) is 16.3 Å². The summed E-state index contributed by atoms with van der Waals surface area (Å²) < 4.78 is 7.52. The van der Waals surface area contributed by atoms with E-state index in [1.807, 2.05) is 68.4 Å². The third kappa shape index (κ3) is 8.37. The molecule has 3 rings (SSSR count). The van der Waals surface area contributed by atoms with Crippen molar-refractivity contribution in [2.24, 2.45) is 0 Å². The molecule has 8 heteroatoms. The minimum Gasteiger partial charge on any atom is -0.482 e. The third-order valence-corrected chi connectivity index (χ3v) is 6.53. The van der Waals surface area contributed by atoms with E-state index >= 15 is 0 Å². The summed E-state index contributed by atoms with van der Waals surface area (Å²) in [6, 6.07) is 21.8. The lowest BCUT2D eigenvalue weighted by molar-refractivity contribution is -0.143. The molecule has 0 bridgehead atoms. The van der Waals surface area contributed by atoms with Crippen molar-refractivity contribution in [1.29, 1.82) is 0 Å². The number of ether oxygens (including phenoxy) is 1. The largest absolute Gasteiger partial charge is 0.482 e. The van der Waals surface area contributed by atoms with Crippen LogP contribution in [-0.2, 0) is 22.6 Å². The van der Waals surface area contributed by atoms with E-state index in [2.05, 4.69) is 37.2 Å². The highest BCUT2D eigenvalue weighted by Gasteiger charge is 2.31. The molecule has 2 amide bonds. The molecule has 0 unspecified atom stereocenters. The van der Waals surface area contributed by atoms with Crippen LogP contribution in [0.25, 0.3) is 0 Å². The van der Waals surface area contributed by atoms with Gasteiger partial charge in [0.25, 0.3) is 5.91 Å². The fraction of sp³-hybridized carbons (Fsp3) is 0.259. The highest BCUT2D eigenvalue weighted by Crippen LogP contribution is 2.28. The predicted molar refractivity (Wildman–Crippen MR) is 147 cm³/mol. The SMILES string of the molecule is CC(C)NC(=O)[C@@H](Cc1ccccc1)N(Cc1ccc(Br)cc1)C(=O)COc1ccc(Br)cc1Cl. The molecule has 0 heterocycles. The Morgan fingerprint density at radius 1 is 0.943 bits per heavy atom. The molecule has 1 atom stereocenters. The average molecular weight is 623 g/mol. The van der Waals surface area contributed by atoms with Gasteiger partial charge in [-0.1, -0.05) is 85.9 Å². The van der Waals surface area contributed by atoms with Crippen LogP contribution in [0.5, 0.6) is 5.75 Å². The summed E-state index contributed by atoms with van der Waals surface area (Å²) in [5.74, 6) is -0.124. The second-order valence-electron chi connectivity index (χ2n) is 8.38. The fourth-order valence-electron chi connectivity index (χ4n) is 3.54. The lowest BCUT2D eigenvalue weighted by Crippen LogP contribution is -2.52. The van der Waals surface area contributed by atoms with Crippen molar-refractivity contribution in [2.75, 3.05) is 6.61 Å². The zero-order valence-electron chi connectivity index (χ0n) is 19.5. The van der Waals surface area contributed by atoms with Crippen LogP contribution in [0.2, 0.25) is 5.02 Å². The molecule has 3 aromatic rings. The number of hydrogen-bond donors (Lipinski definition) is 1. The van der Waals surface area contributed by atoms with Gasteiger partial charge < -0.3 is 15.0 Å². The summed E-state index contributed by atoms with van der Waals surface area (Å²) in [6.45, 7) is 3.80. The van der Waals surface area contributed by atoms with Crippen LogP contribution in [0.3, 0.4) is 0 Å². The predicted octanol–water partition coefficient (Wildman–Crippen LogP) is 6.41. The molecule has 3 aromatic carbocycles.